The first-order chi connectivity index (χ1) is 14.1. The molecule has 0 spiro atoms. The van der Waals surface area contributed by atoms with E-state index in [2.05, 4.69) is 10.7 Å². The number of nitrogens with two attached hydrogens (primary N) is 2. The molecule has 0 saturated heterocycles. The van der Waals surface area contributed by atoms with Crippen molar-refractivity contribution in [2.45, 2.75) is 0 Å². The summed E-state index contributed by atoms with van der Waals surface area (Å²) in [5, 5.41) is 9.12. The number of amides is 1. The molecule has 144 valence electrons. The van der Waals surface area contributed by atoms with Crippen LogP contribution < -0.4 is 27.2 Å². The van der Waals surface area contributed by atoms with Gasteiger partial charge in [0.05, 0.1) is 11.4 Å². The predicted octanol–water partition coefficient (Wildman–Crippen LogP) is 4.56. The summed E-state index contributed by atoms with van der Waals surface area (Å²) in [5.41, 5.74) is 16.3. The van der Waals surface area contributed by atoms with Crippen LogP contribution in [0.25, 0.3) is 11.1 Å². The van der Waals surface area contributed by atoms with Gasteiger partial charge in [-0.1, -0.05) is 48.5 Å². The Morgan fingerprint density at radius 2 is 1.59 bits per heavy atom. The third-order valence-corrected chi connectivity index (χ3v) is 6.99. The first kappa shape index (κ1) is 19.3. The maximum absolute atomic E-state index is 12.7. The second-order valence-electron chi connectivity index (χ2n) is 6.52. The van der Waals surface area contributed by atoms with Gasteiger partial charge in [0.25, 0.3) is 5.91 Å². The Morgan fingerprint density at radius 3 is 2.28 bits per heavy atom. The summed E-state index contributed by atoms with van der Waals surface area (Å²) < 4.78 is 0. The second kappa shape index (κ2) is 8.58. The minimum absolute atomic E-state index is 0.202. The van der Waals surface area contributed by atoms with Gasteiger partial charge in [-0.15, -0.1) is 0 Å². The van der Waals surface area contributed by atoms with E-state index in [1.807, 2.05) is 72.1 Å². The quantitative estimate of drug-likeness (QED) is 0.329. The van der Waals surface area contributed by atoms with Crippen LogP contribution in [0.4, 0.5) is 11.4 Å². The molecule has 0 aliphatic heterocycles. The highest BCUT2D eigenvalue weighted by molar-refractivity contribution is 7.70. The SMILES string of the molecule is Nc1ccc(-c2ccsc2)cc1NC(=O)c1ccc(P(N)c2ccccc2)cc1. The number of nitrogen functional groups attached to an aromatic ring is 1. The molecule has 1 aromatic heterocycles. The molecular weight excluding hydrogens is 397 g/mol. The molecule has 4 aromatic rings. The molecule has 1 unspecified atom stereocenters. The molecule has 4 nitrogen and oxygen atoms in total. The molecule has 1 atom stereocenters. The van der Waals surface area contributed by atoms with Crippen LogP contribution in [-0.2, 0) is 0 Å². The number of hydrogen-bond acceptors (Lipinski definition) is 4. The van der Waals surface area contributed by atoms with Crippen molar-refractivity contribution in [2.75, 3.05) is 11.1 Å². The molecule has 5 N–H and O–H groups in total. The highest BCUT2D eigenvalue weighted by Gasteiger charge is 2.12. The van der Waals surface area contributed by atoms with Crippen LogP contribution in [-0.4, -0.2) is 5.91 Å². The van der Waals surface area contributed by atoms with Crippen LogP contribution in [0.1, 0.15) is 10.4 Å². The van der Waals surface area contributed by atoms with E-state index < -0.39 is 8.07 Å². The largest absolute Gasteiger partial charge is 0.397 e. The van der Waals surface area contributed by atoms with Crippen LogP contribution in [0.5, 0.6) is 0 Å². The lowest BCUT2D eigenvalue weighted by molar-refractivity contribution is 0.102. The number of benzene rings is 3. The number of anilines is 2. The molecule has 0 bridgehead atoms. The molecule has 0 saturated carbocycles. The number of rotatable bonds is 5. The first-order valence-corrected chi connectivity index (χ1v) is 11.4. The average Bonchev–Trinajstić information content (AvgIpc) is 3.30. The van der Waals surface area contributed by atoms with E-state index in [-0.39, 0.29) is 5.91 Å². The van der Waals surface area contributed by atoms with Gasteiger partial charge in [0.2, 0.25) is 0 Å². The monoisotopic (exact) mass is 417 g/mol. The Morgan fingerprint density at radius 1 is 0.862 bits per heavy atom. The minimum atomic E-state index is -0.932. The van der Waals surface area contributed by atoms with Gasteiger partial charge in [0.15, 0.2) is 0 Å². The van der Waals surface area contributed by atoms with Crippen LogP contribution in [0.15, 0.2) is 89.6 Å². The Hall–Kier alpha value is -2.98. The second-order valence-corrected chi connectivity index (χ2v) is 9.07. The molecule has 4 rings (SSSR count). The molecule has 1 amide bonds. The molecule has 6 heteroatoms. The number of nitrogens with one attached hydrogen (secondary N) is 1. The van der Waals surface area contributed by atoms with Crippen LogP contribution in [0.2, 0.25) is 0 Å². The van der Waals surface area contributed by atoms with Gasteiger partial charge in [-0.25, -0.2) is 0 Å². The lowest BCUT2D eigenvalue weighted by Crippen LogP contribution is -2.18. The van der Waals surface area contributed by atoms with Crippen molar-refractivity contribution in [3.05, 3.63) is 95.2 Å². The van der Waals surface area contributed by atoms with Gasteiger partial charge in [0.1, 0.15) is 0 Å². The van der Waals surface area contributed by atoms with E-state index in [4.69, 9.17) is 11.2 Å². The minimum Gasteiger partial charge on any atom is -0.397 e. The van der Waals surface area contributed by atoms with E-state index in [9.17, 15) is 4.79 Å². The summed E-state index contributed by atoms with van der Waals surface area (Å²) in [6, 6.07) is 25.1. The topological polar surface area (TPSA) is 81.1 Å². The maximum atomic E-state index is 12.7. The Bertz CT molecular complexity index is 1110. The first-order valence-electron chi connectivity index (χ1n) is 9.05. The fourth-order valence-corrected chi connectivity index (χ4v) is 4.91. The van der Waals surface area contributed by atoms with Crippen molar-refractivity contribution < 1.29 is 4.79 Å². The van der Waals surface area contributed by atoms with Crippen LogP contribution in [0, 0.1) is 0 Å². The standard InChI is InChI=1S/C23H20N3OPS/c24-21-11-8-17(18-12-13-29-15-18)14-22(21)26-23(27)16-6-9-20(10-7-16)28(25)19-4-2-1-3-5-19/h1-15H,24-25H2,(H,26,27). The smallest absolute Gasteiger partial charge is 0.255 e. The lowest BCUT2D eigenvalue weighted by Gasteiger charge is -2.13. The summed E-state index contributed by atoms with van der Waals surface area (Å²) in [6.07, 6.45) is 0. The summed E-state index contributed by atoms with van der Waals surface area (Å²) in [7, 11) is -0.932. The zero-order valence-electron chi connectivity index (χ0n) is 15.6. The van der Waals surface area contributed by atoms with E-state index in [1.54, 1.807) is 23.5 Å². The number of carbonyl (C=O) groups excluding carboxylic acids is 1. The van der Waals surface area contributed by atoms with Crippen LogP contribution >= 0.6 is 19.4 Å². The number of hydrogen-bond donors (Lipinski definition) is 3. The third kappa shape index (κ3) is 4.38. The Labute approximate surface area is 175 Å². The lowest BCUT2D eigenvalue weighted by atomic mass is 10.1. The maximum Gasteiger partial charge on any atom is 0.255 e. The summed E-state index contributed by atoms with van der Waals surface area (Å²) in [5.74, 6) is -0.202. The van der Waals surface area contributed by atoms with Crippen LogP contribution in [0.3, 0.4) is 0 Å². The van der Waals surface area contributed by atoms with E-state index in [0.717, 1.165) is 21.7 Å². The normalized spacial score (nSPS) is 11.8. The van der Waals surface area contributed by atoms with Gasteiger partial charge in [-0.2, -0.15) is 11.3 Å². The van der Waals surface area contributed by atoms with Crippen molar-refractivity contribution in [3.8, 4) is 11.1 Å². The summed E-state index contributed by atoms with van der Waals surface area (Å²) >= 11 is 1.63. The van der Waals surface area contributed by atoms with Crippen molar-refractivity contribution in [1.82, 2.24) is 0 Å². The number of thiophene rings is 1. The molecule has 1 heterocycles. The zero-order valence-corrected chi connectivity index (χ0v) is 17.3. The molecule has 0 aliphatic carbocycles. The van der Waals surface area contributed by atoms with E-state index in [1.165, 1.54) is 0 Å². The van der Waals surface area contributed by atoms with Gasteiger partial charge < -0.3 is 16.6 Å². The van der Waals surface area contributed by atoms with E-state index in [0.29, 0.717) is 16.9 Å². The Balaban J connectivity index is 1.51. The Kier molecular flexibility index (Phi) is 5.72. The molecule has 0 fully saturated rings. The fraction of sp³-hybridized carbons (Fsp3) is 0. The zero-order chi connectivity index (χ0) is 20.2. The molecule has 3 aromatic carbocycles. The van der Waals surface area contributed by atoms with E-state index >= 15 is 0 Å². The van der Waals surface area contributed by atoms with Gasteiger partial charge in [-0.3, -0.25) is 4.79 Å². The van der Waals surface area contributed by atoms with Gasteiger partial charge in [0, 0.05) is 13.6 Å². The predicted molar refractivity (Wildman–Crippen MR) is 125 cm³/mol. The molecular formula is C23H20N3OPS. The molecule has 0 radical (unpaired) electrons. The summed E-state index contributed by atoms with van der Waals surface area (Å²) in [6.45, 7) is 0. The van der Waals surface area contributed by atoms with Gasteiger partial charge >= 0.3 is 0 Å². The molecule has 0 aliphatic rings. The van der Waals surface area contributed by atoms with Gasteiger partial charge in [-0.05, 0) is 62.8 Å². The highest BCUT2D eigenvalue weighted by Crippen LogP contribution is 2.29. The average molecular weight is 417 g/mol. The fourth-order valence-electron chi connectivity index (χ4n) is 2.98. The van der Waals surface area contributed by atoms with Crippen molar-refractivity contribution in [1.29, 1.82) is 0 Å². The molecule has 29 heavy (non-hydrogen) atoms. The van der Waals surface area contributed by atoms with Crippen molar-refractivity contribution >= 4 is 47.3 Å². The number of carbonyl (C=O) groups is 1. The van der Waals surface area contributed by atoms with Crippen molar-refractivity contribution in [3.63, 3.8) is 0 Å². The van der Waals surface area contributed by atoms with Crippen molar-refractivity contribution in [2.24, 2.45) is 5.50 Å². The summed E-state index contributed by atoms with van der Waals surface area (Å²) in [4.78, 5) is 12.7. The third-order valence-electron chi connectivity index (χ3n) is 4.60. The highest BCUT2D eigenvalue weighted by atomic mass is 32.1.